The van der Waals surface area contributed by atoms with Crippen molar-refractivity contribution in [2.75, 3.05) is 11.9 Å². The molecule has 1 amide bonds. The molecule has 0 aliphatic heterocycles. The van der Waals surface area contributed by atoms with Crippen molar-refractivity contribution in [1.82, 2.24) is 9.97 Å². The second-order valence-electron chi connectivity index (χ2n) is 3.68. The SMILES string of the molecule is Cc1ccccc1NC(=O)COc1ncccn1. The molecule has 18 heavy (non-hydrogen) atoms. The largest absolute Gasteiger partial charge is 0.453 e. The predicted octanol–water partition coefficient (Wildman–Crippen LogP) is 1.80. The van der Waals surface area contributed by atoms with Gasteiger partial charge in [0.25, 0.3) is 5.91 Å². The highest BCUT2D eigenvalue weighted by atomic mass is 16.5. The van der Waals surface area contributed by atoms with Crippen LogP contribution >= 0.6 is 0 Å². The molecule has 0 atom stereocenters. The lowest BCUT2D eigenvalue weighted by atomic mass is 10.2. The van der Waals surface area contributed by atoms with Gasteiger partial charge < -0.3 is 10.1 Å². The summed E-state index contributed by atoms with van der Waals surface area (Å²) in [6.07, 6.45) is 3.11. The number of aryl methyl sites for hydroxylation is 1. The number of hydrogen-bond acceptors (Lipinski definition) is 4. The third-order valence-corrected chi connectivity index (χ3v) is 2.29. The van der Waals surface area contributed by atoms with Gasteiger partial charge >= 0.3 is 6.01 Å². The van der Waals surface area contributed by atoms with E-state index in [1.165, 1.54) is 0 Å². The molecule has 2 aromatic rings. The van der Waals surface area contributed by atoms with Crippen LogP contribution in [0, 0.1) is 6.92 Å². The number of carbonyl (C=O) groups excluding carboxylic acids is 1. The normalized spacial score (nSPS) is 9.83. The molecule has 0 unspecified atom stereocenters. The number of para-hydroxylation sites is 1. The Morgan fingerprint density at radius 1 is 1.22 bits per heavy atom. The lowest BCUT2D eigenvalue weighted by Gasteiger charge is -2.08. The fourth-order valence-corrected chi connectivity index (χ4v) is 1.39. The number of nitrogens with zero attached hydrogens (tertiary/aromatic N) is 2. The number of carbonyl (C=O) groups is 1. The zero-order valence-corrected chi connectivity index (χ0v) is 9.96. The minimum absolute atomic E-state index is 0.113. The van der Waals surface area contributed by atoms with Crippen molar-refractivity contribution in [2.45, 2.75) is 6.92 Å². The van der Waals surface area contributed by atoms with Crippen molar-refractivity contribution in [2.24, 2.45) is 0 Å². The third-order valence-electron chi connectivity index (χ3n) is 2.29. The lowest BCUT2D eigenvalue weighted by molar-refractivity contribution is -0.118. The topological polar surface area (TPSA) is 64.1 Å². The smallest absolute Gasteiger partial charge is 0.316 e. The number of rotatable bonds is 4. The number of aromatic nitrogens is 2. The van der Waals surface area contributed by atoms with Gasteiger partial charge in [0, 0.05) is 18.1 Å². The van der Waals surface area contributed by atoms with E-state index < -0.39 is 0 Å². The summed E-state index contributed by atoms with van der Waals surface area (Å²) in [7, 11) is 0. The molecule has 0 saturated heterocycles. The average molecular weight is 243 g/mol. The molecule has 2 rings (SSSR count). The van der Waals surface area contributed by atoms with E-state index in [0.717, 1.165) is 11.3 Å². The molecule has 1 aromatic carbocycles. The van der Waals surface area contributed by atoms with Gasteiger partial charge in [0.15, 0.2) is 6.61 Å². The van der Waals surface area contributed by atoms with E-state index in [0.29, 0.717) is 0 Å². The van der Waals surface area contributed by atoms with E-state index in [9.17, 15) is 4.79 Å². The van der Waals surface area contributed by atoms with Crippen LogP contribution in [0.15, 0.2) is 42.7 Å². The first-order chi connectivity index (χ1) is 8.75. The van der Waals surface area contributed by atoms with Crippen molar-refractivity contribution in [3.8, 4) is 6.01 Å². The first-order valence-corrected chi connectivity index (χ1v) is 5.51. The second kappa shape index (κ2) is 5.77. The molecule has 1 heterocycles. The molecule has 0 saturated carbocycles. The van der Waals surface area contributed by atoms with Crippen molar-refractivity contribution < 1.29 is 9.53 Å². The predicted molar refractivity (Wildman–Crippen MR) is 67.3 cm³/mol. The zero-order chi connectivity index (χ0) is 12.8. The van der Waals surface area contributed by atoms with Gasteiger partial charge in [0.2, 0.25) is 0 Å². The molecule has 0 radical (unpaired) electrons. The van der Waals surface area contributed by atoms with E-state index in [1.54, 1.807) is 18.5 Å². The molecule has 0 aliphatic rings. The fraction of sp³-hybridized carbons (Fsp3) is 0.154. The molecule has 0 aliphatic carbocycles. The molecule has 5 heteroatoms. The average Bonchev–Trinajstić information content (AvgIpc) is 2.40. The molecule has 0 fully saturated rings. The summed E-state index contributed by atoms with van der Waals surface area (Å²) in [6, 6.07) is 9.42. The Morgan fingerprint density at radius 2 is 1.94 bits per heavy atom. The van der Waals surface area contributed by atoms with Crippen LogP contribution in [-0.4, -0.2) is 22.5 Å². The summed E-state index contributed by atoms with van der Waals surface area (Å²) in [5, 5.41) is 2.76. The van der Waals surface area contributed by atoms with Crippen LogP contribution in [0.1, 0.15) is 5.56 Å². The van der Waals surface area contributed by atoms with Gasteiger partial charge in [-0.3, -0.25) is 4.79 Å². The van der Waals surface area contributed by atoms with Crippen LogP contribution in [-0.2, 0) is 4.79 Å². The van der Waals surface area contributed by atoms with Crippen LogP contribution in [0.25, 0.3) is 0 Å². The third kappa shape index (κ3) is 3.28. The van der Waals surface area contributed by atoms with Gasteiger partial charge in [-0.05, 0) is 24.6 Å². The quantitative estimate of drug-likeness (QED) is 0.889. The fourth-order valence-electron chi connectivity index (χ4n) is 1.39. The molecular weight excluding hydrogens is 230 g/mol. The van der Waals surface area contributed by atoms with Crippen molar-refractivity contribution in [1.29, 1.82) is 0 Å². The van der Waals surface area contributed by atoms with Gasteiger partial charge in [-0.1, -0.05) is 18.2 Å². The van der Waals surface area contributed by atoms with Gasteiger partial charge in [-0.25, -0.2) is 9.97 Å². The van der Waals surface area contributed by atoms with E-state index >= 15 is 0 Å². The van der Waals surface area contributed by atoms with Crippen LogP contribution < -0.4 is 10.1 Å². The highest BCUT2D eigenvalue weighted by Crippen LogP contribution is 2.12. The zero-order valence-electron chi connectivity index (χ0n) is 9.96. The lowest BCUT2D eigenvalue weighted by Crippen LogP contribution is -2.21. The molecular formula is C13H13N3O2. The Balaban J connectivity index is 1.88. The highest BCUT2D eigenvalue weighted by Gasteiger charge is 2.05. The van der Waals surface area contributed by atoms with Crippen LogP contribution in [0.2, 0.25) is 0 Å². The van der Waals surface area contributed by atoms with Crippen LogP contribution in [0.3, 0.4) is 0 Å². The minimum Gasteiger partial charge on any atom is -0.453 e. The monoisotopic (exact) mass is 243 g/mol. The summed E-state index contributed by atoms with van der Waals surface area (Å²) in [6.45, 7) is 1.81. The Kier molecular flexibility index (Phi) is 3.86. The maximum absolute atomic E-state index is 11.6. The molecule has 1 N–H and O–H groups in total. The van der Waals surface area contributed by atoms with Gasteiger partial charge in [-0.2, -0.15) is 0 Å². The summed E-state index contributed by atoms with van der Waals surface area (Å²) >= 11 is 0. The Labute approximate surface area is 105 Å². The van der Waals surface area contributed by atoms with E-state index in [-0.39, 0.29) is 18.5 Å². The van der Waals surface area contributed by atoms with Gasteiger partial charge in [0.05, 0.1) is 0 Å². The second-order valence-corrected chi connectivity index (χ2v) is 3.68. The van der Waals surface area contributed by atoms with Crippen LogP contribution in [0.5, 0.6) is 6.01 Å². The number of amides is 1. The minimum atomic E-state index is -0.239. The molecule has 92 valence electrons. The van der Waals surface area contributed by atoms with Crippen molar-refractivity contribution in [3.05, 3.63) is 48.3 Å². The molecule has 0 bridgehead atoms. The number of nitrogens with one attached hydrogen (secondary N) is 1. The van der Waals surface area contributed by atoms with E-state index in [4.69, 9.17) is 4.74 Å². The standard InChI is InChI=1S/C13H13N3O2/c1-10-5-2-3-6-11(10)16-12(17)9-18-13-14-7-4-8-15-13/h2-8H,9H2,1H3,(H,16,17). The Bertz CT molecular complexity index is 529. The highest BCUT2D eigenvalue weighted by molar-refractivity contribution is 5.92. The van der Waals surface area contributed by atoms with Gasteiger partial charge in [0.1, 0.15) is 0 Å². The first kappa shape index (κ1) is 12.0. The summed E-state index contributed by atoms with van der Waals surface area (Å²) in [4.78, 5) is 19.4. The summed E-state index contributed by atoms with van der Waals surface area (Å²) in [5.74, 6) is -0.239. The van der Waals surface area contributed by atoms with Gasteiger partial charge in [-0.15, -0.1) is 0 Å². The van der Waals surface area contributed by atoms with E-state index in [2.05, 4.69) is 15.3 Å². The maximum Gasteiger partial charge on any atom is 0.316 e. The molecule has 1 aromatic heterocycles. The Hall–Kier alpha value is -2.43. The summed E-state index contributed by atoms with van der Waals surface area (Å²) < 4.78 is 5.15. The molecule has 0 spiro atoms. The van der Waals surface area contributed by atoms with Crippen molar-refractivity contribution in [3.63, 3.8) is 0 Å². The molecule has 5 nitrogen and oxygen atoms in total. The number of benzene rings is 1. The number of ether oxygens (including phenoxy) is 1. The Morgan fingerprint density at radius 3 is 2.67 bits per heavy atom. The maximum atomic E-state index is 11.6. The van der Waals surface area contributed by atoms with Crippen LogP contribution in [0.4, 0.5) is 5.69 Å². The van der Waals surface area contributed by atoms with E-state index in [1.807, 2.05) is 31.2 Å². The number of anilines is 1. The first-order valence-electron chi connectivity index (χ1n) is 5.51. The number of hydrogen-bond donors (Lipinski definition) is 1. The van der Waals surface area contributed by atoms with Crippen molar-refractivity contribution >= 4 is 11.6 Å². The summed E-state index contributed by atoms with van der Waals surface area (Å²) in [5.41, 5.74) is 1.78.